The van der Waals surface area contributed by atoms with Crippen molar-refractivity contribution >= 4 is 35.2 Å². The van der Waals surface area contributed by atoms with Gasteiger partial charge in [-0.05, 0) is 18.9 Å². The van der Waals surface area contributed by atoms with E-state index in [1.54, 1.807) is 16.7 Å². The number of carbonyl (C=O) groups excluding carboxylic acids is 2. The Hall–Kier alpha value is -1.20. The van der Waals surface area contributed by atoms with E-state index >= 15 is 0 Å². The van der Waals surface area contributed by atoms with Crippen LogP contribution in [0.3, 0.4) is 0 Å². The molecule has 0 aromatic heterocycles. The molecule has 0 spiro atoms. The van der Waals surface area contributed by atoms with Gasteiger partial charge in [0.25, 0.3) is 0 Å². The number of nitrogens with one attached hydrogen (secondary N) is 1. The molecule has 3 rings (SSSR count). The summed E-state index contributed by atoms with van der Waals surface area (Å²) in [5.74, 6) is 0.404. The Balaban J connectivity index is 1.88. The molecule has 2 atom stereocenters. The van der Waals surface area contributed by atoms with E-state index in [0.29, 0.717) is 16.8 Å². The summed E-state index contributed by atoms with van der Waals surface area (Å²) in [4.78, 5) is 27.0. The normalized spacial score (nSPS) is 24.1. The highest BCUT2D eigenvalue weighted by Crippen LogP contribution is 2.44. The van der Waals surface area contributed by atoms with E-state index in [2.05, 4.69) is 5.32 Å². The molecule has 124 valence electrons. The Morgan fingerprint density at radius 2 is 2.00 bits per heavy atom. The van der Waals surface area contributed by atoms with Crippen LogP contribution in [0.25, 0.3) is 0 Å². The molecule has 1 saturated heterocycles. The highest BCUT2D eigenvalue weighted by Gasteiger charge is 2.44. The lowest BCUT2D eigenvalue weighted by molar-refractivity contribution is -0.142. The SMILES string of the molecule is CC(C)C(=O)N1[C@@H](C(=O)NC2CC2)CS[C@@H]1c1ccccc1Cl. The van der Waals surface area contributed by atoms with Gasteiger partial charge in [0.2, 0.25) is 11.8 Å². The Bertz CT molecular complexity index is 618. The summed E-state index contributed by atoms with van der Waals surface area (Å²) >= 11 is 7.93. The first-order chi connectivity index (χ1) is 11.0. The molecule has 6 heteroatoms. The number of rotatable bonds is 4. The zero-order chi connectivity index (χ0) is 16.6. The van der Waals surface area contributed by atoms with Crippen LogP contribution in [0.4, 0.5) is 0 Å². The maximum absolute atomic E-state index is 12.7. The third kappa shape index (κ3) is 3.50. The topological polar surface area (TPSA) is 49.4 Å². The van der Waals surface area contributed by atoms with Crippen LogP contribution in [0.2, 0.25) is 5.02 Å². The fourth-order valence-electron chi connectivity index (χ4n) is 2.72. The van der Waals surface area contributed by atoms with Gasteiger partial charge in [0.15, 0.2) is 0 Å². The highest BCUT2D eigenvalue weighted by atomic mass is 35.5. The van der Waals surface area contributed by atoms with Gasteiger partial charge in [-0.1, -0.05) is 43.6 Å². The first-order valence-corrected chi connectivity index (χ1v) is 9.40. The van der Waals surface area contributed by atoms with Crippen molar-refractivity contribution in [3.05, 3.63) is 34.9 Å². The van der Waals surface area contributed by atoms with Crippen molar-refractivity contribution < 1.29 is 9.59 Å². The average molecular weight is 353 g/mol. The predicted octanol–water partition coefficient (Wildman–Crippen LogP) is 3.22. The number of thioether (sulfide) groups is 1. The van der Waals surface area contributed by atoms with E-state index in [9.17, 15) is 9.59 Å². The van der Waals surface area contributed by atoms with Gasteiger partial charge in [-0.15, -0.1) is 11.8 Å². The Labute approximate surface area is 145 Å². The van der Waals surface area contributed by atoms with Crippen molar-refractivity contribution in [3.63, 3.8) is 0 Å². The Morgan fingerprint density at radius 1 is 1.30 bits per heavy atom. The Kier molecular flexibility index (Phi) is 4.87. The number of halogens is 1. The van der Waals surface area contributed by atoms with E-state index < -0.39 is 6.04 Å². The minimum atomic E-state index is -0.420. The predicted molar refractivity (Wildman–Crippen MR) is 93.3 cm³/mol. The fourth-order valence-corrected chi connectivity index (χ4v) is 4.49. The first-order valence-electron chi connectivity index (χ1n) is 7.97. The third-order valence-corrected chi connectivity index (χ3v) is 5.80. The molecule has 0 bridgehead atoms. The van der Waals surface area contributed by atoms with Crippen LogP contribution in [0.1, 0.15) is 37.6 Å². The van der Waals surface area contributed by atoms with E-state index in [-0.39, 0.29) is 23.1 Å². The van der Waals surface area contributed by atoms with Gasteiger partial charge in [-0.25, -0.2) is 0 Å². The van der Waals surface area contributed by atoms with Crippen molar-refractivity contribution in [1.29, 1.82) is 0 Å². The zero-order valence-corrected chi connectivity index (χ0v) is 14.9. The molecular weight excluding hydrogens is 332 g/mol. The second kappa shape index (κ2) is 6.73. The van der Waals surface area contributed by atoms with E-state index in [1.807, 2.05) is 38.1 Å². The van der Waals surface area contributed by atoms with Crippen LogP contribution in [0, 0.1) is 5.92 Å². The highest BCUT2D eigenvalue weighted by molar-refractivity contribution is 7.99. The number of carbonyl (C=O) groups is 2. The van der Waals surface area contributed by atoms with Crippen LogP contribution < -0.4 is 5.32 Å². The maximum atomic E-state index is 12.7. The molecule has 0 radical (unpaired) electrons. The number of nitrogens with zero attached hydrogens (tertiary/aromatic N) is 1. The van der Waals surface area contributed by atoms with Crippen molar-refractivity contribution in [2.24, 2.45) is 5.92 Å². The molecule has 1 aliphatic carbocycles. The summed E-state index contributed by atoms with van der Waals surface area (Å²) in [6.07, 6.45) is 2.08. The molecule has 1 aliphatic heterocycles. The van der Waals surface area contributed by atoms with Crippen molar-refractivity contribution in [1.82, 2.24) is 10.2 Å². The smallest absolute Gasteiger partial charge is 0.243 e. The molecule has 4 nitrogen and oxygen atoms in total. The average Bonchev–Trinajstić information content (AvgIpc) is 3.22. The second-order valence-electron chi connectivity index (χ2n) is 6.41. The van der Waals surface area contributed by atoms with Gasteiger partial charge in [-0.3, -0.25) is 9.59 Å². The molecule has 1 aromatic rings. The molecule has 1 aromatic carbocycles. The first kappa shape index (κ1) is 16.7. The minimum Gasteiger partial charge on any atom is -0.352 e. The summed E-state index contributed by atoms with van der Waals surface area (Å²) < 4.78 is 0. The van der Waals surface area contributed by atoms with Crippen LogP contribution in [0.15, 0.2) is 24.3 Å². The number of hydrogen-bond acceptors (Lipinski definition) is 3. The molecule has 1 saturated carbocycles. The number of amides is 2. The minimum absolute atomic E-state index is 0.00383. The molecular formula is C17H21ClN2O2S. The quantitative estimate of drug-likeness (QED) is 0.905. The summed E-state index contributed by atoms with van der Waals surface area (Å²) in [6, 6.07) is 7.42. The molecule has 0 unspecified atom stereocenters. The van der Waals surface area contributed by atoms with Gasteiger partial charge in [-0.2, -0.15) is 0 Å². The monoisotopic (exact) mass is 352 g/mol. The molecule has 1 heterocycles. The summed E-state index contributed by atoms with van der Waals surface area (Å²) in [7, 11) is 0. The largest absolute Gasteiger partial charge is 0.352 e. The lowest BCUT2D eigenvalue weighted by Crippen LogP contribution is -2.49. The third-order valence-electron chi connectivity index (χ3n) is 4.15. The number of benzene rings is 1. The molecule has 1 N–H and O–H groups in total. The van der Waals surface area contributed by atoms with Gasteiger partial charge in [0.1, 0.15) is 11.4 Å². The Morgan fingerprint density at radius 3 is 2.61 bits per heavy atom. The van der Waals surface area contributed by atoms with Gasteiger partial charge < -0.3 is 10.2 Å². The maximum Gasteiger partial charge on any atom is 0.243 e. The summed E-state index contributed by atoms with van der Waals surface area (Å²) in [5, 5.41) is 3.46. The van der Waals surface area contributed by atoms with Crippen LogP contribution in [0.5, 0.6) is 0 Å². The number of hydrogen-bond donors (Lipinski definition) is 1. The fraction of sp³-hybridized carbons (Fsp3) is 0.529. The standard InChI is InChI=1S/C17H21ClN2O2S/c1-10(2)16(22)20-14(15(21)19-11-7-8-11)9-23-17(20)12-5-3-4-6-13(12)18/h3-6,10-11,14,17H,7-9H2,1-2H3,(H,19,21)/t14-,17-/m1/s1. The molecule has 2 amide bonds. The van der Waals surface area contributed by atoms with Gasteiger partial charge >= 0.3 is 0 Å². The van der Waals surface area contributed by atoms with Crippen molar-refractivity contribution in [2.45, 2.75) is 44.1 Å². The molecule has 2 aliphatic rings. The van der Waals surface area contributed by atoms with Gasteiger partial charge in [0.05, 0.1) is 0 Å². The summed E-state index contributed by atoms with van der Waals surface area (Å²) in [6.45, 7) is 3.73. The lowest BCUT2D eigenvalue weighted by atomic mass is 10.1. The lowest BCUT2D eigenvalue weighted by Gasteiger charge is -2.31. The molecule has 2 fully saturated rings. The van der Waals surface area contributed by atoms with E-state index in [1.165, 1.54) is 0 Å². The van der Waals surface area contributed by atoms with Crippen LogP contribution in [-0.4, -0.2) is 34.6 Å². The van der Waals surface area contributed by atoms with E-state index in [0.717, 1.165) is 18.4 Å². The van der Waals surface area contributed by atoms with Crippen molar-refractivity contribution in [3.8, 4) is 0 Å². The second-order valence-corrected chi connectivity index (χ2v) is 7.93. The zero-order valence-electron chi connectivity index (χ0n) is 13.3. The van der Waals surface area contributed by atoms with Gasteiger partial charge in [0, 0.05) is 28.3 Å². The van der Waals surface area contributed by atoms with E-state index in [4.69, 9.17) is 11.6 Å². The van der Waals surface area contributed by atoms with Crippen LogP contribution in [-0.2, 0) is 9.59 Å². The van der Waals surface area contributed by atoms with Crippen molar-refractivity contribution in [2.75, 3.05) is 5.75 Å². The summed E-state index contributed by atoms with van der Waals surface area (Å²) in [5.41, 5.74) is 0.898. The molecule has 23 heavy (non-hydrogen) atoms. The van der Waals surface area contributed by atoms with Crippen LogP contribution >= 0.6 is 23.4 Å².